The van der Waals surface area contributed by atoms with E-state index in [-0.39, 0.29) is 0 Å². The van der Waals surface area contributed by atoms with Crippen LogP contribution >= 0.6 is 0 Å². The van der Waals surface area contributed by atoms with Crippen molar-refractivity contribution in [2.75, 3.05) is 56.6 Å². The van der Waals surface area contributed by atoms with E-state index < -0.39 is 0 Å². The van der Waals surface area contributed by atoms with Crippen molar-refractivity contribution in [3.63, 3.8) is 0 Å². The van der Waals surface area contributed by atoms with Crippen molar-refractivity contribution >= 4 is 11.6 Å². The molecule has 0 aliphatic carbocycles. The van der Waals surface area contributed by atoms with E-state index in [0.717, 1.165) is 63.1 Å². The highest BCUT2D eigenvalue weighted by Gasteiger charge is 2.22. The number of methoxy groups -OCH3 is 1. The van der Waals surface area contributed by atoms with Crippen LogP contribution in [0.15, 0.2) is 6.33 Å². The second kappa shape index (κ2) is 7.28. The summed E-state index contributed by atoms with van der Waals surface area (Å²) >= 11 is 0. The van der Waals surface area contributed by atoms with Crippen LogP contribution in [0.25, 0.3) is 0 Å². The first kappa shape index (κ1) is 14.8. The number of anilines is 2. The minimum atomic E-state index is 0.755. The molecule has 2 heterocycles. The lowest BCUT2D eigenvalue weighted by Crippen LogP contribution is -2.46. The maximum atomic E-state index is 5.54. The van der Waals surface area contributed by atoms with Crippen LogP contribution < -0.4 is 15.0 Å². The molecule has 0 saturated carbocycles. The normalized spacial score (nSPS) is 16.2. The first-order chi connectivity index (χ1) is 9.80. The lowest BCUT2D eigenvalue weighted by atomic mass is 10.3. The van der Waals surface area contributed by atoms with Gasteiger partial charge in [-0.1, -0.05) is 13.8 Å². The molecule has 1 aromatic heterocycles. The largest absolute Gasteiger partial charge is 0.490 e. The number of rotatable bonds is 6. The Labute approximate surface area is 121 Å². The van der Waals surface area contributed by atoms with Crippen LogP contribution in [0.1, 0.15) is 20.3 Å². The van der Waals surface area contributed by atoms with E-state index in [1.807, 2.05) is 0 Å². The Morgan fingerprint density at radius 2 is 1.95 bits per heavy atom. The highest BCUT2D eigenvalue weighted by molar-refractivity contribution is 5.64. The SMILES string of the molecule is CCCNc1ncnc(N2CCN(CC)CC2)c1OC. The zero-order valence-electron chi connectivity index (χ0n) is 12.7. The fourth-order valence-corrected chi connectivity index (χ4v) is 2.42. The summed E-state index contributed by atoms with van der Waals surface area (Å²) < 4.78 is 5.54. The minimum absolute atomic E-state index is 0.755. The Bertz CT molecular complexity index is 418. The van der Waals surface area contributed by atoms with Crippen LogP contribution in [0.3, 0.4) is 0 Å². The summed E-state index contributed by atoms with van der Waals surface area (Å²) in [6, 6.07) is 0. The van der Waals surface area contributed by atoms with Gasteiger partial charge in [-0.15, -0.1) is 0 Å². The zero-order chi connectivity index (χ0) is 14.4. The maximum absolute atomic E-state index is 5.54. The molecular formula is C14H25N5O. The number of hydrogen-bond donors (Lipinski definition) is 1. The molecule has 0 radical (unpaired) electrons. The lowest BCUT2D eigenvalue weighted by Gasteiger charge is -2.35. The molecule has 0 aromatic carbocycles. The van der Waals surface area contributed by atoms with Gasteiger partial charge in [-0.25, -0.2) is 9.97 Å². The smallest absolute Gasteiger partial charge is 0.204 e. The van der Waals surface area contributed by atoms with Crippen molar-refractivity contribution in [1.82, 2.24) is 14.9 Å². The molecule has 0 spiro atoms. The monoisotopic (exact) mass is 279 g/mol. The standard InChI is InChI=1S/C14H25N5O/c1-4-6-15-13-12(20-3)14(17-11-16-13)19-9-7-18(5-2)8-10-19/h11H,4-10H2,1-3H3,(H,15,16,17). The number of hydrogen-bond acceptors (Lipinski definition) is 6. The van der Waals surface area contributed by atoms with E-state index in [0.29, 0.717) is 0 Å². The van der Waals surface area contributed by atoms with Crippen molar-refractivity contribution in [2.24, 2.45) is 0 Å². The van der Waals surface area contributed by atoms with Gasteiger partial charge in [-0.05, 0) is 13.0 Å². The minimum Gasteiger partial charge on any atom is -0.490 e. The summed E-state index contributed by atoms with van der Waals surface area (Å²) in [4.78, 5) is 13.4. The van der Waals surface area contributed by atoms with Crippen molar-refractivity contribution in [2.45, 2.75) is 20.3 Å². The molecule has 1 N–H and O–H groups in total. The summed E-state index contributed by atoms with van der Waals surface area (Å²) in [7, 11) is 1.68. The van der Waals surface area contributed by atoms with Crippen LogP contribution in [-0.2, 0) is 0 Å². The van der Waals surface area contributed by atoms with Crippen LogP contribution in [0.5, 0.6) is 5.75 Å². The second-order valence-corrected chi connectivity index (χ2v) is 4.93. The molecule has 1 aromatic rings. The Morgan fingerprint density at radius 3 is 2.55 bits per heavy atom. The van der Waals surface area contributed by atoms with Gasteiger partial charge in [-0.2, -0.15) is 0 Å². The average molecular weight is 279 g/mol. The van der Waals surface area contributed by atoms with Crippen LogP contribution in [0, 0.1) is 0 Å². The van der Waals surface area contributed by atoms with Crippen LogP contribution in [0.2, 0.25) is 0 Å². The molecule has 20 heavy (non-hydrogen) atoms. The first-order valence-electron chi connectivity index (χ1n) is 7.40. The number of piperazine rings is 1. The van der Waals surface area contributed by atoms with Gasteiger partial charge in [-0.3, -0.25) is 0 Å². The molecule has 112 valence electrons. The molecule has 6 heteroatoms. The molecule has 6 nitrogen and oxygen atoms in total. The summed E-state index contributed by atoms with van der Waals surface area (Å²) in [5.41, 5.74) is 0. The zero-order valence-corrected chi connectivity index (χ0v) is 12.7. The molecular weight excluding hydrogens is 254 g/mol. The van der Waals surface area contributed by atoms with Gasteiger partial charge < -0.3 is 19.9 Å². The van der Waals surface area contributed by atoms with E-state index in [2.05, 4.69) is 38.9 Å². The van der Waals surface area contributed by atoms with Gasteiger partial charge in [0.2, 0.25) is 5.75 Å². The Hall–Kier alpha value is -1.56. The van der Waals surface area contributed by atoms with E-state index in [1.165, 1.54) is 0 Å². The number of likely N-dealkylation sites (N-methyl/N-ethyl adjacent to an activating group) is 1. The van der Waals surface area contributed by atoms with E-state index in [4.69, 9.17) is 4.74 Å². The lowest BCUT2D eigenvalue weighted by molar-refractivity contribution is 0.269. The molecule has 0 amide bonds. The quantitative estimate of drug-likeness (QED) is 0.850. The van der Waals surface area contributed by atoms with Gasteiger partial charge in [0.15, 0.2) is 11.6 Å². The molecule has 0 unspecified atom stereocenters. The number of aromatic nitrogens is 2. The number of nitrogens with zero attached hydrogens (tertiary/aromatic N) is 4. The Morgan fingerprint density at radius 1 is 1.20 bits per heavy atom. The van der Waals surface area contributed by atoms with Crippen molar-refractivity contribution in [3.8, 4) is 5.75 Å². The van der Waals surface area contributed by atoms with Crippen molar-refractivity contribution in [3.05, 3.63) is 6.33 Å². The fourth-order valence-electron chi connectivity index (χ4n) is 2.42. The third kappa shape index (κ3) is 3.30. The molecule has 1 fully saturated rings. The highest BCUT2D eigenvalue weighted by Crippen LogP contribution is 2.32. The van der Waals surface area contributed by atoms with Gasteiger partial charge in [0, 0.05) is 32.7 Å². The summed E-state index contributed by atoms with van der Waals surface area (Å²) in [5.74, 6) is 2.44. The first-order valence-corrected chi connectivity index (χ1v) is 7.40. The van der Waals surface area contributed by atoms with Gasteiger partial charge in [0.1, 0.15) is 6.33 Å². The van der Waals surface area contributed by atoms with Crippen molar-refractivity contribution < 1.29 is 4.74 Å². The molecule has 2 rings (SSSR count). The fraction of sp³-hybridized carbons (Fsp3) is 0.714. The van der Waals surface area contributed by atoms with E-state index in [1.54, 1.807) is 13.4 Å². The predicted molar refractivity (Wildman–Crippen MR) is 81.7 cm³/mol. The van der Waals surface area contributed by atoms with E-state index >= 15 is 0 Å². The molecule has 0 bridgehead atoms. The van der Waals surface area contributed by atoms with Gasteiger partial charge >= 0.3 is 0 Å². The number of nitrogens with one attached hydrogen (secondary N) is 1. The summed E-state index contributed by atoms with van der Waals surface area (Å²) in [6.45, 7) is 10.4. The maximum Gasteiger partial charge on any atom is 0.204 e. The van der Waals surface area contributed by atoms with Crippen LogP contribution in [-0.4, -0.2) is 61.2 Å². The average Bonchev–Trinajstić information content (AvgIpc) is 2.52. The third-order valence-electron chi connectivity index (χ3n) is 3.65. The topological polar surface area (TPSA) is 53.5 Å². The molecule has 1 saturated heterocycles. The van der Waals surface area contributed by atoms with Gasteiger partial charge in [0.25, 0.3) is 0 Å². The van der Waals surface area contributed by atoms with Crippen LogP contribution in [0.4, 0.5) is 11.6 Å². The van der Waals surface area contributed by atoms with Crippen molar-refractivity contribution in [1.29, 1.82) is 0 Å². The van der Waals surface area contributed by atoms with E-state index in [9.17, 15) is 0 Å². The predicted octanol–water partition coefficient (Wildman–Crippen LogP) is 1.45. The summed E-state index contributed by atoms with van der Waals surface area (Å²) in [6.07, 6.45) is 2.67. The Kier molecular flexibility index (Phi) is 5.40. The summed E-state index contributed by atoms with van der Waals surface area (Å²) in [5, 5.41) is 3.30. The van der Waals surface area contributed by atoms with Gasteiger partial charge in [0.05, 0.1) is 7.11 Å². The third-order valence-corrected chi connectivity index (χ3v) is 3.65. The molecule has 0 atom stereocenters. The molecule has 1 aliphatic rings. The number of ether oxygens (including phenoxy) is 1. The Balaban J connectivity index is 2.14. The highest BCUT2D eigenvalue weighted by atomic mass is 16.5. The molecule has 1 aliphatic heterocycles. The second-order valence-electron chi connectivity index (χ2n) is 4.93.